The first kappa shape index (κ1) is 26.9. The second kappa shape index (κ2) is 9.96. The normalized spacial score (nSPS) is 13.6. The van der Waals surface area contributed by atoms with E-state index in [2.05, 4.69) is 152 Å². The summed E-state index contributed by atoms with van der Waals surface area (Å²) < 4.78 is 8.94. The number of hydrogen-bond donors (Lipinski definition) is 0. The van der Waals surface area contributed by atoms with Gasteiger partial charge in [0.2, 0.25) is 0 Å². The highest BCUT2D eigenvalue weighted by molar-refractivity contribution is 7.26. The van der Waals surface area contributed by atoms with Crippen LogP contribution in [0.1, 0.15) is 22.3 Å². The molecule has 1 spiro atoms. The summed E-state index contributed by atoms with van der Waals surface area (Å²) in [6.07, 6.45) is 0. The zero-order valence-electron chi connectivity index (χ0n) is 26.2. The molecular formula is C45H26N2OS. The number of benzene rings is 7. The van der Waals surface area contributed by atoms with Crippen LogP contribution in [-0.2, 0) is 5.41 Å². The number of hydrogen-bond acceptors (Lipinski definition) is 4. The summed E-state index contributed by atoms with van der Waals surface area (Å²) in [5.74, 6) is 2.51. The van der Waals surface area contributed by atoms with Crippen LogP contribution in [0.4, 0.5) is 0 Å². The maximum absolute atomic E-state index is 6.63. The van der Waals surface area contributed by atoms with Crippen molar-refractivity contribution in [2.24, 2.45) is 0 Å². The maximum atomic E-state index is 6.63. The lowest BCUT2D eigenvalue weighted by Gasteiger charge is -2.39. The Labute approximate surface area is 286 Å². The number of fused-ring (bicyclic) bond motifs is 13. The van der Waals surface area contributed by atoms with Gasteiger partial charge >= 0.3 is 0 Å². The Morgan fingerprint density at radius 2 is 1.14 bits per heavy atom. The lowest BCUT2D eigenvalue weighted by Crippen LogP contribution is -2.32. The molecule has 3 heterocycles. The maximum Gasteiger partial charge on any atom is 0.160 e. The van der Waals surface area contributed by atoms with Crippen LogP contribution in [0.3, 0.4) is 0 Å². The van der Waals surface area contributed by atoms with Crippen LogP contribution in [0.2, 0.25) is 0 Å². The topological polar surface area (TPSA) is 35.0 Å². The van der Waals surface area contributed by atoms with Gasteiger partial charge in [-0.25, -0.2) is 9.97 Å². The van der Waals surface area contributed by atoms with Crippen molar-refractivity contribution in [3.8, 4) is 45.3 Å². The molecule has 1 aliphatic carbocycles. The van der Waals surface area contributed by atoms with Gasteiger partial charge in [0.25, 0.3) is 0 Å². The Balaban J connectivity index is 1.27. The zero-order chi connectivity index (χ0) is 32.1. The van der Waals surface area contributed by atoms with Crippen LogP contribution in [0.15, 0.2) is 158 Å². The average molecular weight is 643 g/mol. The number of ether oxygens (including phenoxy) is 1. The van der Waals surface area contributed by atoms with Crippen LogP contribution in [-0.4, -0.2) is 9.97 Å². The van der Waals surface area contributed by atoms with Crippen molar-refractivity contribution in [1.29, 1.82) is 0 Å². The Morgan fingerprint density at radius 3 is 1.94 bits per heavy atom. The molecule has 0 saturated heterocycles. The van der Waals surface area contributed by atoms with Crippen molar-refractivity contribution in [3.05, 3.63) is 180 Å². The van der Waals surface area contributed by atoms with E-state index in [4.69, 9.17) is 14.7 Å². The highest BCUT2D eigenvalue weighted by Crippen LogP contribution is 2.63. The molecule has 7 aromatic carbocycles. The molecule has 11 rings (SSSR count). The van der Waals surface area contributed by atoms with Gasteiger partial charge in [-0.15, -0.1) is 11.3 Å². The molecule has 0 saturated carbocycles. The van der Waals surface area contributed by atoms with Crippen LogP contribution < -0.4 is 4.74 Å². The van der Waals surface area contributed by atoms with E-state index in [9.17, 15) is 0 Å². The van der Waals surface area contributed by atoms with Gasteiger partial charge in [-0.05, 0) is 69.4 Å². The van der Waals surface area contributed by atoms with Crippen LogP contribution in [0, 0.1) is 0 Å². The number of rotatable bonds is 2. The summed E-state index contributed by atoms with van der Waals surface area (Å²) in [5, 5.41) is 3.62. The van der Waals surface area contributed by atoms with Crippen molar-refractivity contribution in [3.63, 3.8) is 0 Å². The van der Waals surface area contributed by atoms with E-state index in [0.717, 1.165) is 60.9 Å². The molecule has 1 aliphatic heterocycles. The Bertz CT molecular complexity index is 2770. The third-order valence-electron chi connectivity index (χ3n) is 10.3. The van der Waals surface area contributed by atoms with E-state index in [-0.39, 0.29) is 0 Å². The van der Waals surface area contributed by atoms with Crippen molar-refractivity contribution in [2.45, 2.75) is 5.41 Å². The molecule has 0 radical (unpaired) electrons. The fourth-order valence-corrected chi connectivity index (χ4v) is 9.39. The van der Waals surface area contributed by atoms with Crippen LogP contribution >= 0.6 is 11.3 Å². The minimum Gasteiger partial charge on any atom is -0.457 e. The lowest BCUT2D eigenvalue weighted by molar-refractivity contribution is 0.436. The predicted molar refractivity (Wildman–Crippen MR) is 201 cm³/mol. The van der Waals surface area contributed by atoms with Crippen molar-refractivity contribution >= 4 is 42.4 Å². The molecule has 0 fully saturated rings. The van der Waals surface area contributed by atoms with Crippen LogP contribution in [0.25, 0.3) is 64.8 Å². The molecule has 0 amide bonds. The van der Waals surface area contributed by atoms with Crippen LogP contribution in [0.5, 0.6) is 11.5 Å². The highest BCUT2D eigenvalue weighted by atomic mass is 32.1. The summed E-state index contributed by atoms with van der Waals surface area (Å²) in [6, 6.07) is 56.4. The van der Waals surface area contributed by atoms with Gasteiger partial charge in [-0.2, -0.15) is 0 Å². The Hall–Kier alpha value is -6.10. The fourth-order valence-electron chi connectivity index (χ4n) is 8.23. The van der Waals surface area contributed by atoms with Gasteiger partial charge in [-0.1, -0.05) is 121 Å². The molecule has 228 valence electrons. The van der Waals surface area contributed by atoms with Crippen molar-refractivity contribution < 1.29 is 4.74 Å². The van der Waals surface area contributed by atoms with Crippen molar-refractivity contribution in [2.75, 3.05) is 0 Å². The van der Waals surface area contributed by atoms with Gasteiger partial charge in [0, 0.05) is 32.3 Å². The number of para-hydroxylation sites is 2. The van der Waals surface area contributed by atoms with E-state index in [1.54, 1.807) is 11.3 Å². The number of thiophene rings is 1. The monoisotopic (exact) mass is 642 g/mol. The molecule has 0 unspecified atom stereocenters. The van der Waals surface area contributed by atoms with E-state index in [1.807, 2.05) is 6.07 Å². The van der Waals surface area contributed by atoms with E-state index >= 15 is 0 Å². The minimum absolute atomic E-state index is 0.579. The number of nitrogens with zero attached hydrogens (tertiary/aromatic N) is 2. The number of aromatic nitrogens is 2. The first-order valence-corrected chi connectivity index (χ1v) is 17.4. The highest BCUT2D eigenvalue weighted by Gasteiger charge is 2.51. The Morgan fingerprint density at radius 1 is 0.490 bits per heavy atom. The first-order valence-electron chi connectivity index (χ1n) is 16.6. The van der Waals surface area contributed by atoms with E-state index < -0.39 is 5.41 Å². The molecule has 2 aromatic heterocycles. The molecule has 0 N–H and O–H groups in total. The molecule has 0 bridgehead atoms. The Kier molecular flexibility index (Phi) is 5.47. The quantitative estimate of drug-likeness (QED) is 0.188. The molecule has 2 aliphatic rings. The molecule has 49 heavy (non-hydrogen) atoms. The lowest BCUT2D eigenvalue weighted by atomic mass is 9.65. The molecular weight excluding hydrogens is 617 g/mol. The predicted octanol–water partition coefficient (Wildman–Crippen LogP) is 11.8. The van der Waals surface area contributed by atoms with Gasteiger partial charge in [0.1, 0.15) is 11.5 Å². The second-order valence-electron chi connectivity index (χ2n) is 12.9. The van der Waals surface area contributed by atoms with E-state index in [0.29, 0.717) is 0 Å². The standard InChI is InChI=1S/C45H26N2OS/c1-2-12-27(13-3-1)44-46-41(43-42(47-44)32-16-6-11-21-40(32)49-43)30-22-23-31-33-24-28-14-4-5-15-29(28)25-37(33)45(36(31)26-30)34-17-7-9-19-38(34)48-39-20-10-8-18-35(39)45/h1-26H. The smallest absolute Gasteiger partial charge is 0.160 e. The zero-order valence-corrected chi connectivity index (χ0v) is 27.0. The van der Waals surface area contributed by atoms with Gasteiger partial charge in [0.05, 0.1) is 21.3 Å². The third-order valence-corrected chi connectivity index (χ3v) is 11.5. The minimum atomic E-state index is -0.579. The summed E-state index contributed by atoms with van der Waals surface area (Å²) >= 11 is 1.77. The van der Waals surface area contributed by atoms with Gasteiger partial charge < -0.3 is 4.74 Å². The summed E-state index contributed by atoms with van der Waals surface area (Å²) in [7, 11) is 0. The molecule has 0 atom stereocenters. The largest absolute Gasteiger partial charge is 0.457 e. The summed E-state index contributed by atoms with van der Waals surface area (Å²) in [5.41, 5.74) is 10.8. The fraction of sp³-hybridized carbons (Fsp3) is 0.0222. The van der Waals surface area contributed by atoms with Gasteiger partial charge in [-0.3, -0.25) is 0 Å². The first-order chi connectivity index (χ1) is 24.3. The summed E-state index contributed by atoms with van der Waals surface area (Å²) in [4.78, 5) is 10.5. The van der Waals surface area contributed by atoms with Gasteiger partial charge in [0.15, 0.2) is 5.82 Å². The molecule has 4 heteroatoms. The average Bonchev–Trinajstić information content (AvgIpc) is 3.67. The second-order valence-corrected chi connectivity index (χ2v) is 13.9. The molecule has 3 nitrogen and oxygen atoms in total. The van der Waals surface area contributed by atoms with Crippen molar-refractivity contribution in [1.82, 2.24) is 9.97 Å². The summed E-state index contributed by atoms with van der Waals surface area (Å²) in [6.45, 7) is 0. The SMILES string of the molecule is c1ccc(-c2nc(-c3ccc4c(c3)C3(c5ccccc5Oc5ccccc53)c3cc5ccccc5cc3-4)c3sc4ccccc4c3n2)cc1. The molecule has 9 aromatic rings. The third kappa shape index (κ3) is 3.67. The van der Waals surface area contributed by atoms with E-state index in [1.165, 1.54) is 37.7 Å².